The minimum atomic E-state index is -4.10. The first-order valence-corrected chi connectivity index (χ1v) is 11.2. The zero-order valence-corrected chi connectivity index (χ0v) is 17.7. The molecule has 0 saturated heterocycles. The first kappa shape index (κ1) is 23.0. The van der Waals surface area contributed by atoms with Gasteiger partial charge in [-0.15, -0.1) is 0 Å². The smallest absolute Gasteiger partial charge is 0.343 e. The number of guanidine groups is 1. The molecule has 1 aliphatic rings. The number of nitrogens with two attached hydrogens (primary N) is 1. The fourth-order valence-electron chi connectivity index (χ4n) is 3.09. The van der Waals surface area contributed by atoms with Gasteiger partial charge < -0.3 is 25.8 Å². The quantitative estimate of drug-likeness (QED) is 0.0960. The molecule has 0 bridgehead atoms. The van der Waals surface area contributed by atoms with Gasteiger partial charge in [-0.1, -0.05) is 0 Å². The van der Waals surface area contributed by atoms with Crippen LogP contribution in [0.2, 0.25) is 0 Å². The van der Waals surface area contributed by atoms with Crippen LogP contribution in [0.3, 0.4) is 0 Å². The van der Waals surface area contributed by atoms with Crippen LogP contribution in [0, 0.1) is 5.41 Å². The molecule has 32 heavy (non-hydrogen) atoms. The Morgan fingerprint density at radius 2 is 1.94 bits per heavy atom. The van der Waals surface area contributed by atoms with Gasteiger partial charge in [0, 0.05) is 30.3 Å². The summed E-state index contributed by atoms with van der Waals surface area (Å²) >= 11 is 0. The molecule has 0 aromatic heterocycles. The van der Waals surface area contributed by atoms with Gasteiger partial charge in [0.05, 0.1) is 23.5 Å². The maximum Gasteiger partial charge on any atom is 0.343 e. The second kappa shape index (κ2) is 9.66. The summed E-state index contributed by atoms with van der Waals surface area (Å²) in [6, 6.07) is 9.08. The van der Waals surface area contributed by atoms with Crippen molar-refractivity contribution in [3.8, 4) is 11.5 Å². The Labute approximate surface area is 184 Å². The average Bonchev–Trinajstić information content (AvgIpc) is 3.18. The van der Waals surface area contributed by atoms with Crippen LogP contribution >= 0.6 is 0 Å². The normalized spacial score (nSPS) is 12.4. The van der Waals surface area contributed by atoms with E-state index in [4.69, 9.17) is 25.2 Å². The van der Waals surface area contributed by atoms with E-state index >= 15 is 0 Å². The molecule has 1 heterocycles. The van der Waals surface area contributed by atoms with Crippen molar-refractivity contribution in [3.63, 3.8) is 0 Å². The molecule has 1 aliphatic heterocycles. The van der Waals surface area contributed by atoms with Gasteiger partial charge in [-0.25, -0.2) is 4.79 Å². The van der Waals surface area contributed by atoms with Crippen molar-refractivity contribution in [3.05, 3.63) is 53.1 Å². The van der Waals surface area contributed by atoms with E-state index in [9.17, 15) is 18.0 Å². The highest BCUT2D eigenvalue weighted by atomic mass is 32.2. The van der Waals surface area contributed by atoms with Crippen molar-refractivity contribution in [2.75, 3.05) is 24.2 Å². The molecule has 0 fully saturated rings. The lowest BCUT2D eigenvalue weighted by molar-refractivity contribution is 0.0733. The summed E-state index contributed by atoms with van der Waals surface area (Å²) in [6.45, 7) is 0.416. The second-order valence-corrected chi connectivity index (χ2v) is 8.52. The minimum Gasteiger partial charge on any atom is -0.493 e. The van der Waals surface area contributed by atoms with E-state index in [2.05, 4.69) is 10.6 Å². The van der Waals surface area contributed by atoms with E-state index in [0.717, 1.165) is 0 Å². The van der Waals surface area contributed by atoms with Crippen molar-refractivity contribution in [2.45, 2.75) is 12.8 Å². The van der Waals surface area contributed by atoms with Gasteiger partial charge in [0.2, 0.25) is 0 Å². The Kier molecular flexibility index (Phi) is 6.95. The van der Waals surface area contributed by atoms with Gasteiger partial charge in [-0.05, 0) is 36.8 Å². The zero-order chi connectivity index (χ0) is 23.3. The zero-order valence-electron chi connectivity index (χ0n) is 16.9. The van der Waals surface area contributed by atoms with E-state index in [1.54, 1.807) is 12.1 Å². The number of hydrogen-bond acceptors (Lipinski definition) is 7. The Bertz CT molecular complexity index is 1150. The van der Waals surface area contributed by atoms with E-state index in [0.29, 0.717) is 30.0 Å². The first-order valence-electron chi connectivity index (χ1n) is 9.59. The maximum atomic E-state index is 12.6. The lowest BCUT2D eigenvalue weighted by Crippen LogP contribution is -2.27. The Morgan fingerprint density at radius 1 is 1.22 bits per heavy atom. The molecular weight excluding hydrogens is 440 g/mol. The van der Waals surface area contributed by atoms with Crippen LogP contribution in [0.25, 0.3) is 0 Å². The van der Waals surface area contributed by atoms with Crippen LogP contribution in [0.5, 0.6) is 11.5 Å². The number of rotatable bonds is 8. The van der Waals surface area contributed by atoms with Gasteiger partial charge in [-0.2, -0.15) is 8.42 Å². The number of anilines is 1. The molecule has 11 nitrogen and oxygen atoms in total. The number of carbonyl (C=O) groups is 2. The summed E-state index contributed by atoms with van der Waals surface area (Å²) in [6.07, 6.45) is 0.550. The van der Waals surface area contributed by atoms with E-state index in [1.807, 2.05) is 0 Å². The van der Waals surface area contributed by atoms with Gasteiger partial charge in [0.25, 0.3) is 16.0 Å². The van der Waals surface area contributed by atoms with E-state index in [-0.39, 0.29) is 35.8 Å². The molecule has 170 valence electrons. The van der Waals surface area contributed by atoms with Crippen LogP contribution in [-0.4, -0.2) is 49.7 Å². The highest BCUT2D eigenvalue weighted by Gasteiger charge is 2.23. The van der Waals surface area contributed by atoms with E-state index in [1.165, 1.54) is 24.3 Å². The largest absolute Gasteiger partial charge is 0.493 e. The van der Waals surface area contributed by atoms with Gasteiger partial charge >= 0.3 is 5.97 Å². The third kappa shape index (κ3) is 6.18. The molecule has 12 heteroatoms. The minimum absolute atomic E-state index is 0.0406. The number of amides is 1. The molecule has 0 radical (unpaired) electrons. The molecule has 1 amide bonds. The maximum absolute atomic E-state index is 12.6. The third-order valence-corrected chi connectivity index (χ3v) is 5.32. The third-order valence-electron chi connectivity index (χ3n) is 4.51. The molecule has 0 unspecified atom stereocenters. The number of ether oxygens (including phenoxy) is 2. The summed E-state index contributed by atoms with van der Waals surface area (Å²) in [5.41, 5.74) is 6.97. The molecule has 0 aliphatic carbocycles. The molecule has 2 aromatic rings. The lowest BCUT2D eigenvalue weighted by atomic mass is 10.0. The van der Waals surface area contributed by atoms with Crippen molar-refractivity contribution in [1.82, 2.24) is 5.32 Å². The van der Waals surface area contributed by atoms with Crippen LogP contribution in [0.1, 0.15) is 32.7 Å². The van der Waals surface area contributed by atoms with Gasteiger partial charge in [-0.3, -0.25) is 14.8 Å². The second-order valence-electron chi connectivity index (χ2n) is 6.95. The summed E-state index contributed by atoms with van der Waals surface area (Å²) < 4.78 is 41.3. The fraction of sp³-hybridized carbons (Fsp3) is 0.250. The molecule has 0 spiro atoms. The highest BCUT2D eigenvalue weighted by molar-refractivity contribution is 7.85. The monoisotopic (exact) mass is 462 g/mol. The number of hydrogen-bond donors (Lipinski definition) is 5. The van der Waals surface area contributed by atoms with Crippen molar-refractivity contribution >= 4 is 33.6 Å². The molecule has 2 aromatic carbocycles. The standard InChI is InChI=1S/C20H22N4O7S/c21-20(22)24-13-4-2-12(3-5-13)19(26)31-14-10-16(15-6-8-30-17(15)11-14)18(25)23-7-1-9-32(27,28)29/h2-5,10-11H,1,6-9H2,(H,23,25)(H4,21,22,24)(H,27,28,29). The predicted octanol–water partition coefficient (Wildman–Crippen LogP) is 1.15. The number of esters is 1. The van der Waals surface area contributed by atoms with Crippen molar-refractivity contribution < 1.29 is 32.0 Å². The topological polar surface area (TPSA) is 181 Å². The molecule has 0 atom stereocenters. The molecule has 3 rings (SSSR count). The average molecular weight is 462 g/mol. The fourth-order valence-corrected chi connectivity index (χ4v) is 3.60. The Balaban J connectivity index is 1.71. The summed E-state index contributed by atoms with van der Waals surface area (Å²) in [4.78, 5) is 25.1. The van der Waals surface area contributed by atoms with Crippen LogP contribution in [-0.2, 0) is 16.5 Å². The molecule has 6 N–H and O–H groups in total. The summed E-state index contributed by atoms with van der Waals surface area (Å²) in [7, 11) is -4.10. The summed E-state index contributed by atoms with van der Waals surface area (Å²) in [5.74, 6) is -1.28. The van der Waals surface area contributed by atoms with Crippen LogP contribution in [0.4, 0.5) is 5.69 Å². The van der Waals surface area contributed by atoms with E-state index < -0.39 is 27.7 Å². The van der Waals surface area contributed by atoms with Crippen LogP contribution in [0.15, 0.2) is 36.4 Å². The molecule has 0 saturated carbocycles. The SMILES string of the molecule is N=C(N)Nc1ccc(C(=O)Oc2cc3c(c(C(=O)NCCCS(=O)(=O)O)c2)CCO3)cc1. The number of fused-ring (bicyclic) bond motifs is 1. The highest BCUT2D eigenvalue weighted by Crippen LogP contribution is 2.33. The van der Waals surface area contributed by atoms with Gasteiger partial charge in [0.1, 0.15) is 11.5 Å². The number of nitrogens with one attached hydrogen (secondary N) is 3. The number of benzene rings is 2. The lowest BCUT2D eigenvalue weighted by Gasteiger charge is -2.12. The Hall–Kier alpha value is -3.64. The Morgan fingerprint density at radius 3 is 2.59 bits per heavy atom. The van der Waals surface area contributed by atoms with Crippen molar-refractivity contribution in [2.24, 2.45) is 5.73 Å². The van der Waals surface area contributed by atoms with Crippen molar-refractivity contribution in [1.29, 1.82) is 5.41 Å². The predicted molar refractivity (Wildman–Crippen MR) is 116 cm³/mol. The number of carbonyl (C=O) groups excluding carboxylic acids is 2. The summed E-state index contributed by atoms with van der Waals surface area (Å²) in [5, 5.41) is 12.4. The van der Waals surface area contributed by atoms with Crippen LogP contribution < -0.4 is 25.8 Å². The first-order chi connectivity index (χ1) is 15.1. The van der Waals surface area contributed by atoms with Gasteiger partial charge in [0.15, 0.2) is 5.96 Å². The molecular formula is C20H22N4O7S.